The number of ether oxygens (including phenoxy) is 1. The second-order valence-corrected chi connectivity index (χ2v) is 4.92. The highest BCUT2D eigenvalue weighted by Crippen LogP contribution is 2.32. The Balaban J connectivity index is 1.85. The van der Waals surface area contributed by atoms with Crippen molar-refractivity contribution in [3.05, 3.63) is 42.7 Å². The highest BCUT2D eigenvalue weighted by molar-refractivity contribution is 6.14. The Labute approximate surface area is 137 Å². The first kappa shape index (κ1) is 15.2. The van der Waals surface area contributed by atoms with Crippen LogP contribution in [0.3, 0.4) is 0 Å². The van der Waals surface area contributed by atoms with Crippen LogP contribution in [0.4, 0.5) is 5.69 Å². The zero-order valence-corrected chi connectivity index (χ0v) is 13.3. The van der Waals surface area contributed by atoms with E-state index in [0.29, 0.717) is 23.2 Å². The molecule has 1 aromatic heterocycles. The Morgan fingerprint density at radius 2 is 2.26 bits per heavy atom. The molecule has 0 amide bonds. The topological polar surface area (TPSA) is 87.0 Å². The van der Waals surface area contributed by atoms with E-state index in [1.807, 2.05) is 18.2 Å². The van der Waals surface area contributed by atoms with Crippen molar-refractivity contribution < 1.29 is 9.15 Å². The van der Waals surface area contributed by atoms with Crippen LogP contribution in [0.25, 0.3) is 11.3 Å². The third kappa shape index (κ3) is 3.38. The average molecular weight is 335 g/mol. The van der Waals surface area contributed by atoms with Crippen molar-refractivity contribution in [1.29, 1.82) is 0 Å². The maximum Gasteiger partial charge on any atom is 0.181 e. The van der Waals surface area contributed by atoms with Gasteiger partial charge in [-0.3, -0.25) is 15.8 Å². The molecule has 1 aliphatic heterocycles. The molecule has 0 bridgehead atoms. The van der Waals surface area contributed by atoms with Crippen LogP contribution in [-0.2, 0) is 0 Å². The second kappa shape index (κ2) is 6.59. The Morgan fingerprint density at radius 1 is 1.39 bits per heavy atom. The van der Waals surface area contributed by atoms with E-state index >= 15 is 0 Å². The first-order chi connectivity index (χ1) is 11.2. The lowest BCUT2D eigenvalue weighted by molar-refractivity contribution is 0.329. The summed E-state index contributed by atoms with van der Waals surface area (Å²) in [5.74, 6) is 2.58. The molecule has 0 saturated carbocycles. The van der Waals surface area contributed by atoms with Crippen LogP contribution in [0.1, 0.15) is 0 Å². The number of hydrazine groups is 2. The molecule has 0 fully saturated rings. The van der Waals surface area contributed by atoms with Gasteiger partial charge < -0.3 is 14.5 Å². The van der Waals surface area contributed by atoms with E-state index in [9.17, 15) is 0 Å². The number of aromatic nitrogens is 1. The number of amidine groups is 1. The lowest BCUT2D eigenvalue weighted by atomic mass is 10.1. The number of nitrogens with zero attached hydrogens (tertiary/aromatic N) is 3. The van der Waals surface area contributed by atoms with Crippen LogP contribution in [0, 0.1) is 0 Å². The molecule has 3 N–H and O–H groups in total. The summed E-state index contributed by atoms with van der Waals surface area (Å²) in [5, 5.41) is 3.20. The van der Waals surface area contributed by atoms with Crippen molar-refractivity contribution >= 4 is 23.3 Å². The minimum Gasteiger partial charge on any atom is -0.496 e. The first-order valence-electron chi connectivity index (χ1n) is 6.71. The molecule has 0 spiro atoms. The van der Waals surface area contributed by atoms with Crippen molar-refractivity contribution in [2.75, 3.05) is 19.5 Å². The molecule has 9 heteroatoms. The molecule has 0 aliphatic carbocycles. The molecule has 1 aliphatic rings. The lowest BCUT2D eigenvalue weighted by Crippen LogP contribution is -2.49. The molecule has 23 heavy (non-hydrogen) atoms. The number of nitrogens with one attached hydrogen (secondary N) is 3. The van der Waals surface area contributed by atoms with Crippen LogP contribution in [0.15, 0.2) is 52.1 Å². The van der Waals surface area contributed by atoms with Gasteiger partial charge in [-0.1, -0.05) is 0 Å². The van der Waals surface area contributed by atoms with Gasteiger partial charge in [-0.05, 0) is 16.8 Å². The molecular formula is C14H15ClN6O2. The fraction of sp³-hybridized carbons (Fsp3) is 0.143. The summed E-state index contributed by atoms with van der Waals surface area (Å²) >= 11 is 5.91. The van der Waals surface area contributed by atoms with Crippen molar-refractivity contribution in [3.8, 4) is 17.1 Å². The molecule has 1 aromatic carbocycles. The van der Waals surface area contributed by atoms with Crippen LogP contribution >= 0.6 is 11.8 Å². The van der Waals surface area contributed by atoms with E-state index in [2.05, 4.69) is 26.1 Å². The third-order valence-corrected chi connectivity index (χ3v) is 3.30. The van der Waals surface area contributed by atoms with Gasteiger partial charge in [-0.2, -0.15) is 0 Å². The highest BCUT2D eigenvalue weighted by atomic mass is 35.5. The number of methoxy groups -OCH3 is 1. The summed E-state index contributed by atoms with van der Waals surface area (Å²) < 4.78 is 11.9. The van der Waals surface area contributed by atoms with Gasteiger partial charge in [0.2, 0.25) is 0 Å². The standard InChI is InChI=1S/C14H15ClN6O2/c1-16-13-6-14(20-21(15)19-13)18-9-3-4-10(11(5-9)22-2)12-7-17-8-23-12/h3-8,18,20H,1-2H3,(H,16,19). The predicted molar refractivity (Wildman–Crippen MR) is 87.5 cm³/mol. The number of benzene rings is 1. The fourth-order valence-corrected chi connectivity index (χ4v) is 2.27. The molecule has 120 valence electrons. The van der Waals surface area contributed by atoms with E-state index in [1.54, 1.807) is 26.4 Å². The SMILES string of the molecule is CN=C1C=C(Nc2ccc(-c3cnco3)c(OC)c2)NN(Cl)N1. The summed E-state index contributed by atoms with van der Waals surface area (Å²) in [6, 6.07) is 5.63. The van der Waals surface area contributed by atoms with Crippen LogP contribution in [0.2, 0.25) is 0 Å². The van der Waals surface area contributed by atoms with Crippen molar-refractivity contribution in [3.63, 3.8) is 0 Å². The molecule has 2 heterocycles. The summed E-state index contributed by atoms with van der Waals surface area (Å²) in [6.45, 7) is 0. The number of rotatable bonds is 4. The van der Waals surface area contributed by atoms with Gasteiger partial charge in [-0.15, -0.1) is 0 Å². The van der Waals surface area contributed by atoms with E-state index < -0.39 is 0 Å². The first-order valence-corrected chi connectivity index (χ1v) is 7.05. The molecule has 0 saturated heterocycles. The molecule has 3 rings (SSSR count). The van der Waals surface area contributed by atoms with Gasteiger partial charge in [0.1, 0.15) is 17.4 Å². The summed E-state index contributed by atoms with van der Waals surface area (Å²) in [6.07, 6.45) is 4.80. The van der Waals surface area contributed by atoms with Crippen LogP contribution in [-0.4, -0.2) is 29.6 Å². The van der Waals surface area contributed by atoms with Gasteiger partial charge >= 0.3 is 0 Å². The van der Waals surface area contributed by atoms with E-state index in [4.69, 9.17) is 20.9 Å². The Kier molecular flexibility index (Phi) is 4.35. The quantitative estimate of drug-likeness (QED) is 0.738. The summed E-state index contributed by atoms with van der Waals surface area (Å²) in [5.41, 5.74) is 7.33. The van der Waals surface area contributed by atoms with Crippen molar-refractivity contribution in [1.82, 2.24) is 20.5 Å². The van der Waals surface area contributed by atoms with Gasteiger partial charge in [0, 0.05) is 36.7 Å². The molecule has 8 nitrogen and oxygen atoms in total. The molecule has 0 atom stereocenters. The maximum atomic E-state index is 5.91. The van der Waals surface area contributed by atoms with Crippen LogP contribution < -0.4 is 20.9 Å². The number of oxazole rings is 1. The van der Waals surface area contributed by atoms with Crippen molar-refractivity contribution in [2.24, 2.45) is 4.99 Å². The van der Waals surface area contributed by atoms with E-state index in [1.165, 1.54) is 11.0 Å². The maximum absolute atomic E-state index is 5.91. The van der Waals surface area contributed by atoms with E-state index in [-0.39, 0.29) is 0 Å². The monoisotopic (exact) mass is 334 g/mol. The second-order valence-electron chi connectivity index (χ2n) is 4.58. The fourth-order valence-electron chi connectivity index (χ4n) is 2.09. The Morgan fingerprint density at radius 3 is 2.96 bits per heavy atom. The Hall–Kier alpha value is -2.71. The van der Waals surface area contributed by atoms with Crippen molar-refractivity contribution in [2.45, 2.75) is 0 Å². The molecule has 0 unspecified atom stereocenters. The zero-order chi connectivity index (χ0) is 16.2. The molecule has 2 aromatic rings. The number of hydrogen-bond donors (Lipinski definition) is 3. The number of anilines is 1. The lowest BCUT2D eigenvalue weighted by Gasteiger charge is -2.25. The third-order valence-electron chi connectivity index (χ3n) is 3.13. The number of aliphatic imine (C=N–C) groups is 1. The smallest absolute Gasteiger partial charge is 0.181 e. The highest BCUT2D eigenvalue weighted by Gasteiger charge is 2.14. The number of hydrogen-bond acceptors (Lipinski definition) is 7. The number of halogens is 1. The minimum atomic E-state index is 0.617. The van der Waals surface area contributed by atoms with Crippen LogP contribution in [0.5, 0.6) is 5.75 Å². The summed E-state index contributed by atoms with van der Waals surface area (Å²) in [7, 11) is 3.27. The normalized spacial score (nSPS) is 16.5. The van der Waals surface area contributed by atoms with E-state index in [0.717, 1.165) is 11.3 Å². The predicted octanol–water partition coefficient (Wildman–Crippen LogP) is 2.11. The Bertz CT molecular complexity index is 744. The van der Waals surface area contributed by atoms with Gasteiger partial charge in [-0.25, -0.2) is 4.98 Å². The summed E-state index contributed by atoms with van der Waals surface area (Å²) in [4.78, 5) is 7.97. The zero-order valence-electron chi connectivity index (χ0n) is 12.5. The minimum absolute atomic E-state index is 0.617. The van der Waals surface area contributed by atoms with Gasteiger partial charge in [0.15, 0.2) is 12.2 Å². The largest absolute Gasteiger partial charge is 0.496 e. The average Bonchev–Trinajstić information content (AvgIpc) is 3.08. The van der Waals surface area contributed by atoms with Gasteiger partial charge in [0.25, 0.3) is 0 Å². The van der Waals surface area contributed by atoms with Gasteiger partial charge in [0.05, 0.1) is 18.9 Å². The molecule has 0 radical (unpaired) electrons. The molecular weight excluding hydrogens is 320 g/mol.